The van der Waals surface area contributed by atoms with E-state index in [1.54, 1.807) is 25.1 Å². The molecule has 0 bridgehead atoms. The zero-order chi connectivity index (χ0) is 19.7. The summed E-state index contributed by atoms with van der Waals surface area (Å²) in [6.07, 6.45) is 5.81. The summed E-state index contributed by atoms with van der Waals surface area (Å²) in [6.45, 7) is 1.28. The third-order valence-corrected chi connectivity index (χ3v) is 5.95. The quantitative estimate of drug-likeness (QED) is 0.817. The number of nitrogens with zero attached hydrogens (tertiary/aromatic N) is 2. The average molecular weight is 382 g/mol. The van der Waals surface area contributed by atoms with E-state index in [4.69, 9.17) is 9.15 Å². The number of ether oxygens (including phenoxy) is 1. The second-order valence-corrected chi connectivity index (χ2v) is 8.02. The van der Waals surface area contributed by atoms with Crippen molar-refractivity contribution in [2.45, 2.75) is 37.2 Å². The lowest BCUT2D eigenvalue weighted by Crippen LogP contribution is -2.52. The minimum atomic E-state index is -0.321. The van der Waals surface area contributed by atoms with Crippen molar-refractivity contribution in [3.63, 3.8) is 0 Å². The van der Waals surface area contributed by atoms with E-state index in [0.29, 0.717) is 25.1 Å². The van der Waals surface area contributed by atoms with Crippen molar-refractivity contribution < 1.29 is 18.7 Å². The molecule has 0 saturated carbocycles. The van der Waals surface area contributed by atoms with Crippen LogP contribution >= 0.6 is 0 Å². The number of carbonyl (C=O) groups is 2. The van der Waals surface area contributed by atoms with Crippen LogP contribution in [0.4, 0.5) is 0 Å². The Bertz CT molecular complexity index is 851. The van der Waals surface area contributed by atoms with Crippen molar-refractivity contribution in [1.82, 2.24) is 9.80 Å². The molecule has 6 heteroatoms. The summed E-state index contributed by atoms with van der Waals surface area (Å²) in [4.78, 5) is 28.5. The van der Waals surface area contributed by atoms with Gasteiger partial charge >= 0.3 is 0 Å². The van der Waals surface area contributed by atoms with Crippen LogP contribution in [-0.4, -0.2) is 54.4 Å². The Morgan fingerprint density at radius 1 is 1.18 bits per heavy atom. The van der Waals surface area contributed by atoms with Gasteiger partial charge in [0.25, 0.3) is 5.91 Å². The molecule has 6 nitrogen and oxygen atoms in total. The highest BCUT2D eigenvalue weighted by Gasteiger charge is 2.44. The minimum absolute atomic E-state index is 0.000792. The fourth-order valence-corrected chi connectivity index (χ4v) is 4.31. The zero-order valence-corrected chi connectivity index (χ0v) is 16.4. The molecular formula is C22H26N2O4. The summed E-state index contributed by atoms with van der Waals surface area (Å²) in [5.41, 5.74) is 1.37. The number of amides is 2. The monoisotopic (exact) mass is 382 g/mol. The number of benzene rings is 1. The van der Waals surface area contributed by atoms with Gasteiger partial charge in [0.2, 0.25) is 5.91 Å². The minimum Gasteiger partial charge on any atom is -0.487 e. The summed E-state index contributed by atoms with van der Waals surface area (Å²) in [5.74, 6) is 1.14. The van der Waals surface area contributed by atoms with Crippen LogP contribution in [0.15, 0.2) is 47.3 Å². The van der Waals surface area contributed by atoms with Crippen LogP contribution < -0.4 is 4.74 Å². The van der Waals surface area contributed by atoms with Gasteiger partial charge in [0, 0.05) is 52.4 Å². The summed E-state index contributed by atoms with van der Waals surface area (Å²) in [5, 5.41) is 0. The number of hydrogen-bond acceptors (Lipinski definition) is 4. The van der Waals surface area contributed by atoms with Crippen LogP contribution in [0.5, 0.6) is 5.75 Å². The molecule has 1 atom stereocenters. The van der Waals surface area contributed by atoms with Crippen molar-refractivity contribution in [2.75, 3.05) is 27.2 Å². The lowest BCUT2D eigenvalue weighted by molar-refractivity contribution is -0.129. The fraction of sp³-hybridized carbons (Fsp3) is 0.455. The van der Waals surface area contributed by atoms with E-state index >= 15 is 0 Å². The van der Waals surface area contributed by atoms with Gasteiger partial charge < -0.3 is 19.0 Å². The standard InChI is InChI=1S/C22H26N2O4/c1-23(2)20(25)13-17-14-22(28-19-6-4-3-5-18(17)19)8-10-24(11-9-22)21(26)16-7-12-27-15-16/h3-7,12,15,17H,8-11,13-14H2,1-2H3/t17-/m1/s1. The number of carbonyl (C=O) groups excluding carboxylic acids is 2. The topological polar surface area (TPSA) is 63.0 Å². The third kappa shape index (κ3) is 3.51. The normalized spacial score (nSPS) is 20.4. The highest BCUT2D eigenvalue weighted by atomic mass is 16.5. The number of piperidine rings is 1. The molecule has 0 unspecified atom stereocenters. The first-order valence-corrected chi connectivity index (χ1v) is 9.77. The van der Waals surface area contributed by atoms with Crippen LogP contribution in [0, 0.1) is 0 Å². The van der Waals surface area contributed by atoms with Gasteiger partial charge in [-0.2, -0.15) is 0 Å². The molecule has 2 aliphatic heterocycles. The molecule has 1 spiro atoms. The second kappa shape index (κ2) is 7.34. The van der Waals surface area contributed by atoms with Gasteiger partial charge in [0.05, 0.1) is 11.8 Å². The van der Waals surface area contributed by atoms with E-state index in [2.05, 4.69) is 6.07 Å². The lowest BCUT2D eigenvalue weighted by Gasteiger charge is -2.47. The number of rotatable bonds is 3. The molecule has 2 aliphatic rings. The van der Waals surface area contributed by atoms with Crippen molar-refractivity contribution >= 4 is 11.8 Å². The third-order valence-electron chi connectivity index (χ3n) is 5.95. The maximum absolute atomic E-state index is 12.6. The van der Waals surface area contributed by atoms with Crippen molar-refractivity contribution in [2.24, 2.45) is 0 Å². The molecule has 1 saturated heterocycles. The fourth-order valence-electron chi connectivity index (χ4n) is 4.31. The van der Waals surface area contributed by atoms with Crippen LogP contribution in [0.1, 0.15) is 47.5 Å². The van der Waals surface area contributed by atoms with Gasteiger partial charge in [-0.05, 0) is 24.1 Å². The zero-order valence-electron chi connectivity index (χ0n) is 16.4. The van der Waals surface area contributed by atoms with Gasteiger partial charge in [-0.15, -0.1) is 0 Å². The number of likely N-dealkylation sites (tertiary alicyclic amines) is 1. The molecule has 0 aliphatic carbocycles. The van der Waals surface area contributed by atoms with E-state index in [9.17, 15) is 9.59 Å². The molecule has 4 rings (SSSR count). The van der Waals surface area contributed by atoms with E-state index in [-0.39, 0.29) is 23.3 Å². The number of hydrogen-bond donors (Lipinski definition) is 0. The molecule has 148 valence electrons. The van der Waals surface area contributed by atoms with E-state index in [1.165, 1.54) is 12.5 Å². The molecule has 1 aromatic heterocycles. The molecule has 0 N–H and O–H groups in total. The molecule has 0 radical (unpaired) electrons. The number of fused-ring (bicyclic) bond motifs is 1. The average Bonchev–Trinajstić information content (AvgIpc) is 3.23. The SMILES string of the molecule is CN(C)C(=O)C[C@@H]1CC2(CCN(C(=O)c3ccoc3)CC2)Oc2ccccc21. The Hall–Kier alpha value is -2.76. The van der Waals surface area contributed by atoms with Gasteiger partial charge in [-0.1, -0.05) is 18.2 Å². The van der Waals surface area contributed by atoms with Crippen molar-refractivity contribution in [1.29, 1.82) is 0 Å². The molecule has 2 amide bonds. The number of para-hydroxylation sites is 1. The van der Waals surface area contributed by atoms with Crippen molar-refractivity contribution in [3.8, 4) is 5.75 Å². The summed E-state index contributed by atoms with van der Waals surface area (Å²) < 4.78 is 11.5. The Morgan fingerprint density at radius 3 is 2.61 bits per heavy atom. The molecule has 2 aromatic rings. The molecule has 1 fully saturated rings. The predicted octanol–water partition coefficient (Wildman–Crippen LogP) is 3.30. The van der Waals surface area contributed by atoms with Crippen molar-refractivity contribution in [3.05, 3.63) is 54.0 Å². The molecular weight excluding hydrogens is 356 g/mol. The van der Waals surface area contributed by atoms with Gasteiger partial charge in [-0.25, -0.2) is 0 Å². The smallest absolute Gasteiger partial charge is 0.257 e. The van der Waals surface area contributed by atoms with Gasteiger partial charge in [0.15, 0.2) is 0 Å². The van der Waals surface area contributed by atoms with Gasteiger partial charge in [0.1, 0.15) is 17.6 Å². The Labute approximate surface area is 165 Å². The van der Waals surface area contributed by atoms with Crippen LogP contribution in [-0.2, 0) is 4.79 Å². The van der Waals surface area contributed by atoms with Crippen LogP contribution in [0.2, 0.25) is 0 Å². The van der Waals surface area contributed by atoms with E-state index < -0.39 is 0 Å². The first kappa shape index (κ1) is 18.6. The maximum atomic E-state index is 12.6. The summed E-state index contributed by atoms with van der Waals surface area (Å²) in [6, 6.07) is 9.72. The summed E-state index contributed by atoms with van der Waals surface area (Å²) >= 11 is 0. The van der Waals surface area contributed by atoms with E-state index in [0.717, 1.165) is 30.6 Å². The Morgan fingerprint density at radius 2 is 1.93 bits per heavy atom. The van der Waals surface area contributed by atoms with Gasteiger partial charge in [-0.3, -0.25) is 9.59 Å². The molecule has 1 aromatic carbocycles. The highest BCUT2D eigenvalue weighted by molar-refractivity contribution is 5.93. The highest BCUT2D eigenvalue weighted by Crippen LogP contribution is 2.46. The number of furan rings is 1. The van der Waals surface area contributed by atoms with Crippen LogP contribution in [0.3, 0.4) is 0 Å². The molecule has 3 heterocycles. The lowest BCUT2D eigenvalue weighted by atomic mass is 9.76. The largest absolute Gasteiger partial charge is 0.487 e. The summed E-state index contributed by atoms with van der Waals surface area (Å²) in [7, 11) is 3.59. The second-order valence-electron chi connectivity index (χ2n) is 8.02. The Balaban J connectivity index is 1.51. The molecule has 28 heavy (non-hydrogen) atoms. The van der Waals surface area contributed by atoms with E-state index in [1.807, 2.05) is 23.1 Å². The Kier molecular flexibility index (Phi) is 4.87. The predicted molar refractivity (Wildman–Crippen MR) is 104 cm³/mol. The first-order chi connectivity index (χ1) is 13.5. The maximum Gasteiger partial charge on any atom is 0.257 e. The first-order valence-electron chi connectivity index (χ1n) is 9.77. The van der Waals surface area contributed by atoms with Crippen LogP contribution in [0.25, 0.3) is 0 Å².